The van der Waals surface area contributed by atoms with Crippen molar-refractivity contribution in [3.05, 3.63) is 119 Å². The molecule has 0 saturated carbocycles. The minimum absolute atomic E-state index is 0.331. The predicted octanol–water partition coefficient (Wildman–Crippen LogP) is 5.72. The molecule has 0 aromatic heterocycles. The van der Waals surface area contributed by atoms with Gasteiger partial charge < -0.3 is 9.47 Å². The van der Waals surface area contributed by atoms with Crippen molar-refractivity contribution in [3.8, 4) is 11.5 Å². The maximum Gasteiger partial charge on any atom is 0.340 e. The van der Waals surface area contributed by atoms with Gasteiger partial charge in [-0.05, 0) is 42.5 Å². The van der Waals surface area contributed by atoms with Gasteiger partial charge >= 0.3 is 5.97 Å². The molecule has 1 unspecified atom stereocenters. The predicted molar refractivity (Wildman–Crippen MR) is 123 cm³/mol. The highest BCUT2D eigenvalue weighted by atomic mass is 16.6. The highest BCUT2D eigenvalue weighted by molar-refractivity contribution is 5.97. The number of benzene rings is 4. The van der Waals surface area contributed by atoms with Gasteiger partial charge in [0, 0.05) is 23.7 Å². The van der Waals surface area contributed by atoms with Gasteiger partial charge in [0.15, 0.2) is 5.60 Å². The molecule has 0 saturated heterocycles. The van der Waals surface area contributed by atoms with Crippen LogP contribution >= 0.6 is 0 Å². The topological polar surface area (TPSA) is 50.8 Å². The lowest BCUT2D eigenvalue weighted by Gasteiger charge is -2.37. The zero-order valence-corrected chi connectivity index (χ0v) is 17.4. The van der Waals surface area contributed by atoms with Gasteiger partial charge in [0.05, 0.1) is 16.9 Å². The molecule has 1 N–H and O–H groups in total. The van der Waals surface area contributed by atoms with E-state index in [9.17, 15) is 4.79 Å². The van der Waals surface area contributed by atoms with E-state index in [0.717, 1.165) is 28.1 Å². The SMILES string of the molecule is CN(Nc1ccc2c(c1)C1(OC(=O)c3ccccc31)c1ccccc1O2)c1ccccc1. The monoisotopic (exact) mass is 420 g/mol. The van der Waals surface area contributed by atoms with Gasteiger partial charge in [-0.25, -0.2) is 4.79 Å². The molecule has 1 spiro atoms. The van der Waals surface area contributed by atoms with Crippen molar-refractivity contribution in [2.45, 2.75) is 5.60 Å². The minimum Gasteiger partial charge on any atom is -0.456 e. The molecule has 0 radical (unpaired) electrons. The van der Waals surface area contributed by atoms with E-state index in [1.807, 2.05) is 109 Å². The fraction of sp³-hybridized carbons (Fsp3) is 0.0741. The Morgan fingerprint density at radius 3 is 2.28 bits per heavy atom. The average Bonchev–Trinajstić information content (AvgIpc) is 3.13. The molecule has 5 nitrogen and oxygen atoms in total. The Kier molecular flexibility index (Phi) is 3.98. The van der Waals surface area contributed by atoms with E-state index in [-0.39, 0.29) is 5.97 Å². The van der Waals surface area contributed by atoms with Gasteiger partial charge in [-0.2, -0.15) is 0 Å². The number of hydrogen-bond acceptors (Lipinski definition) is 5. The molecule has 2 aliphatic rings. The summed E-state index contributed by atoms with van der Waals surface area (Å²) in [6.07, 6.45) is 0. The van der Waals surface area contributed by atoms with Crippen LogP contribution < -0.4 is 15.2 Å². The summed E-state index contributed by atoms with van der Waals surface area (Å²) < 4.78 is 12.4. The smallest absolute Gasteiger partial charge is 0.340 e. The summed E-state index contributed by atoms with van der Waals surface area (Å²) in [5, 5.41) is 1.95. The molecule has 0 amide bonds. The first kappa shape index (κ1) is 18.5. The first-order valence-corrected chi connectivity index (χ1v) is 10.5. The molecule has 0 bridgehead atoms. The van der Waals surface area contributed by atoms with Gasteiger partial charge in [-0.15, -0.1) is 0 Å². The molecule has 2 heterocycles. The van der Waals surface area contributed by atoms with Crippen LogP contribution in [0.3, 0.4) is 0 Å². The van der Waals surface area contributed by atoms with E-state index in [4.69, 9.17) is 9.47 Å². The Labute approximate surface area is 185 Å². The third kappa shape index (κ3) is 2.61. The number of anilines is 2. The van der Waals surface area contributed by atoms with Crippen LogP contribution in [0.25, 0.3) is 0 Å². The second-order valence-corrected chi connectivity index (χ2v) is 7.93. The second kappa shape index (κ2) is 6.89. The normalized spacial score (nSPS) is 17.6. The van der Waals surface area contributed by atoms with Crippen LogP contribution in [0.2, 0.25) is 0 Å². The molecular formula is C27H20N2O3. The summed E-state index contributed by atoms with van der Waals surface area (Å²) in [5.41, 5.74) is 7.26. The van der Waals surface area contributed by atoms with E-state index < -0.39 is 5.60 Å². The van der Waals surface area contributed by atoms with E-state index in [2.05, 4.69) is 5.43 Å². The number of esters is 1. The molecule has 156 valence electrons. The van der Waals surface area contributed by atoms with Crippen LogP contribution in [-0.2, 0) is 10.3 Å². The fourth-order valence-corrected chi connectivity index (χ4v) is 4.60. The lowest BCUT2D eigenvalue weighted by Crippen LogP contribution is -2.33. The van der Waals surface area contributed by atoms with Gasteiger partial charge in [0.2, 0.25) is 0 Å². The quantitative estimate of drug-likeness (QED) is 0.339. The number of rotatable bonds is 3. The van der Waals surface area contributed by atoms with Crippen LogP contribution in [0.15, 0.2) is 97.1 Å². The lowest BCUT2D eigenvalue weighted by molar-refractivity contribution is 0.0224. The van der Waals surface area contributed by atoms with Gasteiger partial charge in [-0.1, -0.05) is 54.6 Å². The minimum atomic E-state index is -1.05. The van der Waals surface area contributed by atoms with E-state index in [0.29, 0.717) is 17.1 Å². The van der Waals surface area contributed by atoms with Gasteiger partial charge in [0.25, 0.3) is 0 Å². The van der Waals surface area contributed by atoms with Crippen LogP contribution in [0.5, 0.6) is 11.5 Å². The van der Waals surface area contributed by atoms with Crippen molar-refractivity contribution < 1.29 is 14.3 Å². The summed E-state index contributed by atoms with van der Waals surface area (Å²) in [5.74, 6) is 1.02. The molecule has 5 heteroatoms. The number of carbonyl (C=O) groups is 1. The Hall–Kier alpha value is -4.25. The van der Waals surface area contributed by atoms with Crippen molar-refractivity contribution in [2.75, 3.05) is 17.5 Å². The number of hydrazine groups is 1. The first-order valence-electron chi connectivity index (χ1n) is 10.5. The summed E-state index contributed by atoms with van der Waals surface area (Å²) in [7, 11) is 1.96. The summed E-state index contributed by atoms with van der Waals surface area (Å²) in [4.78, 5) is 12.9. The molecule has 0 fully saturated rings. The average molecular weight is 420 g/mol. The van der Waals surface area contributed by atoms with Gasteiger partial charge in [0.1, 0.15) is 11.5 Å². The third-order valence-electron chi connectivity index (χ3n) is 6.06. The van der Waals surface area contributed by atoms with Crippen molar-refractivity contribution >= 4 is 17.3 Å². The largest absolute Gasteiger partial charge is 0.456 e. The zero-order valence-electron chi connectivity index (χ0n) is 17.4. The van der Waals surface area contributed by atoms with Crippen molar-refractivity contribution in [1.82, 2.24) is 0 Å². The standard InChI is InChI=1S/C27H20N2O3/c1-29(19-9-3-2-4-10-19)28-18-15-16-25-23(17-18)27(22-13-7-8-14-24(22)31-25)21-12-6-5-11-20(21)26(30)32-27/h2-17,28H,1H3. The molecule has 0 aliphatic carbocycles. The second-order valence-electron chi connectivity index (χ2n) is 7.93. The van der Waals surface area contributed by atoms with Crippen molar-refractivity contribution in [1.29, 1.82) is 0 Å². The van der Waals surface area contributed by atoms with Crippen LogP contribution in [0, 0.1) is 0 Å². The Morgan fingerprint density at radius 2 is 1.44 bits per heavy atom. The molecular weight excluding hydrogens is 400 g/mol. The van der Waals surface area contributed by atoms with Crippen LogP contribution in [0.1, 0.15) is 27.0 Å². The highest BCUT2D eigenvalue weighted by Crippen LogP contribution is 2.56. The summed E-state index contributed by atoms with van der Waals surface area (Å²) in [6, 6.07) is 31.2. The summed E-state index contributed by atoms with van der Waals surface area (Å²) >= 11 is 0. The number of ether oxygens (including phenoxy) is 2. The number of nitrogens with one attached hydrogen (secondary N) is 1. The number of nitrogens with zero attached hydrogens (tertiary/aromatic N) is 1. The molecule has 6 rings (SSSR count). The van der Waals surface area contributed by atoms with Crippen molar-refractivity contribution in [2.24, 2.45) is 0 Å². The third-order valence-corrected chi connectivity index (χ3v) is 6.06. The molecule has 4 aromatic carbocycles. The number of hydrogen-bond donors (Lipinski definition) is 1. The fourth-order valence-electron chi connectivity index (χ4n) is 4.60. The van der Waals surface area contributed by atoms with Crippen LogP contribution in [0.4, 0.5) is 11.4 Å². The Balaban J connectivity index is 1.52. The molecule has 2 aliphatic heterocycles. The molecule has 1 atom stereocenters. The summed E-state index contributed by atoms with van der Waals surface area (Å²) in [6.45, 7) is 0. The zero-order chi connectivity index (χ0) is 21.7. The van der Waals surface area contributed by atoms with Gasteiger partial charge in [-0.3, -0.25) is 10.4 Å². The van der Waals surface area contributed by atoms with E-state index in [1.54, 1.807) is 0 Å². The van der Waals surface area contributed by atoms with Crippen molar-refractivity contribution in [3.63, 3.8) is 0 Å². The van der Waals surface area contributed by atoms with E-state index >= 15 is 0 Å². The highest BCUT2D eigenvalue weighted by Gasteiger charge is 2.53. The Bertz CT molecular complexity index is 1350. The number of fused-ring (bicyclic) bond motifs is 6. The molecule has 4 aromatic rings. The number of para-hydroxylation sites is 2. The maximum atomic E-state index is 12.9. The lowest BCUT2D eigenvalue weighted by atomic mass is 9.77. The maximum absolute atomic E-state index is 12.9. The molecule has 32 heavy (non-hydrogen) atoms. The van der Waals surface area contributed by atoms with Crippen LogP contribution in [-0.4, -0.2) is 13.0 Å². The number of carbonyl (C=O) groups excluding carboxylic acids is 1. The van der Waals surface area contributed by atoms with E-state index in [1.165, 1.54) is 0 Å². The Morgan fingerprint density at radius 1 is 0.750 bits per heavy atom. The first-order chi connectivity index (χ1) is 15.7.